The smallest absolute Gasteiger partial charge is 0.238 e. The molecule has 0 aliphatic rings. The van der Waals surface area contributed by atoms with Gasteiger partial charge in [-0.05, 0) is 35.9 Å². The first-order valence-corrected chi connectivity index (χ1v) is 7.39. The highest BCUT2D eigenvalue weighted by molar-refractivity contribution is 7.89. The lowest BCUT2D eigenvalue weighted by atomic mass is 10.1. The molecule has 0 heterocycles. The zero-order chi connectivity index (χ0) is 14.6. The number of anilines is 1. The molecule has 0 saturated heterocycles. The Hall–Kier alpha value is -2.36. The second-order valence-corrected chi connectivity index (χ2v) is 5.80. The van der Waals surface area contributed by atoms with E-state index in [9.17, 15) is 8.42 Å². The summed E-state index contributed by atoms with van der Waals surface area (Å²) in [6.07, 6.45) is 0. The maximum absolute atomic E-state index is 11.2. The van der Waals surface area contributed by atoms with Crippen molar-refractivity contribution in [2.75, 3.05) is 5.32 Å². The highest BCUT2D eigenvalue weighted by Gasteiger charge is 2.07. The average Bonchev–Trinajstić information content (AvgIpc) is 2.45. The summed E-state index contributed by atoms with van der Waals surface area (Å²) in [6, 6.07) is 15.5. The summed E-state index contributed by atoms with van der Waals surface area (Å²) in [6.45, 7) is 0.528. The van der Waals surface area contributed by atoms with Crippen LogP contribution in [-0.4, -0.2) is 8.42 Å². The van der Waals surface area contributed by atoms with Gasteiger partial charge in [0.2, 0.25) is 10.0 Å². The van der Waals surface area contributed by atoms with Gasteiger partial charge in [0.25, 0.3) is 0 Å². The molecule has 3 N–H and O–H groups in total. The molecular formula is C14H13N3O2S. The van der Waals surface area contributed by atoms with E-state index in [1.807, 2.05) is 12.1 Å². The molecule has 0 atom stereocenters. The first-order valence-electron chi connectivity index (χ1n) is 5.85. The zero-order valence-electron chi connectivity index (χ0n) is 10.6. The normalized spacial score (nSPS) is 10.8. The fourth-order valence-corrected chi connectivity index (χ4v) is 2.24. The Labute approximate surface area is 117 Å². The molecule has 2 rings (SSSR count). The number of hydrogen-bond donors (Lipinski definition) is 2. The third-order valence-corrected chi connectivity index (χ3v) is 3.65. The number of sulfonamides is 1. The van der Waals surface area contributed by atoms with Crippen LogP contribution in [-0.2, 0) is 16.6 Å². The number of nitrogens with two attached hydrogens (primary N) is 1. The van der Waals surface area contributed by atoms with Gasteiger partial charge in [-0.25, -0.2) is 13.6 Å². The third-order valence-electron chi connectivity index (χ3n) is 2.74. The van der Waals surface area contributed by atoms with Crippen LogP contribution in [0, 0.1) is 11.3 Å². The highest BCUT2D eigenvalue weighted by Crippen LogP contribution is 2.15. The second kappa shape index (κ2) is 5.74. The van der Waals surface area contributed by atoms with E-state index in [1.54, 1.807) is 24.3 Å². The molecule has 0 spiro atoms. The molecule has 2 aromatic carbocycles. The Morgan fingerprint density at radius 3 is 2.45 bits per heavy atom. The number of rotatable bonds is 4. The molecule has 102 valence electrons. The largest absolute Gasteiger partial charge is 0.381 e. The Bertz CT molecular complexity index is 747. The SMILES string of the molecule is N#Cc1ccc(CNc2cccc(S(N)(=O)=O)c2)cc1. The molecule has 0 aliphatic heterocycles. The van der Waals surface area contributed by atoms with Crippen LogP contribution in [0.3, 0.4) is 0 Å². The molecule has 0 fully saturated rings. The minimum Gasteiger partial charge on any atom is -0.381 e. The van der Waals surface area contributed by atoms with Crippen molar-refractivity contribution in [3.05, 3.63) is 59.7 Å². The van der Waals surface area contributed by atoms with E-state index in [1.165, 1.54) is 12.1 Å². The van der Waals surface area contributed by atoms with Gasteiger partial charge in [0.1, 0.15) is 0 Å². The Morgan fingerprint density at radius 1 is 1.15 bits per heavy atom. The molecule has 20 heavy (non-hydrogen) atoms. The molecule has 0 aliphatic carbocycles. The number of nitrogens with zero attached hydrogens (tertiary/aromatic N) is 1. The van der Waals surface area contributed by atoms with Gasteiger partial charge in [-0.1, -0.05) is 18.2 Å². The van der Waals surface area contributed by atoms with Crippen LogP contribution in [0.1, 0.15) is 11.1 Å². The molecule has 0 aromatic heterocycles. The van der Waals surface area contributed by atoms with Crippen LogP contribution in [0.4, 0.5) is 5.69 Å². The number of nitriles is 1. The molecule has 0 radical (unpaired) electrons. The van der Waals surface area contributed by atoms with Crippen molar-refractivity contribution in [1.82, 2.24) is 0 Å². The fraction of sp³-hybridized carbons (Fsp3) is 0.0714. The van der Waals surface area contributed by atoms with Crippen LogP contribution in [0.2, 0.25) is 0 Å². The van der Waals surface area contributed by atoms with E-state index in [-0.39, 0.29) is 4.90 Å². The van der Waals surface area contributed by atoms with Crippen molar-refractivity contribution in [2.24, 2.45) is 5.14 Å². The van der Waals surface area contributed by atoms with Gasteiger partial charge in [-0.2, -0.15) is 5.26 Å². The maximum atomic E-state index is 11.2. The third kappa shape index (κ3) is 3.57. The summed E-state index contributed by atoms with van der Waals surface area (Å²) in [5, 5.41) is 16.9. The Morgan fingerprint density at radius 2 is 1.85 bits per heavy atom. The molecule has 0 saturated carbocycles. The van der Waals surface area contributed by atoms with Gasteiger partial charge in [0.05, 0.1) is 16.5 Å². The van der Waals surface area contributed by atoms with E-state index in [0.717, 1.165) is 5.56 Å². The molecule has 0 bridgehead atoms. The summed E-state index contributed by atoms with van der Waals surface area (Å²) in [4.78, 5) is 0.0716. The van der Waals surface area contributed by atoms with E-state index in [0.29, 0.717) is 17.8 Å². The first-order chi connectivity index (χ1) is 9.49. The minimum absolute atomic E-state index is 0.0716. The Kier molecular flexibility index (Phi) is 4.03. The fourth-order valence-electron chi connectivity index (χ4n) is 1.68. The quantitative estimate of drug-likeness (QED) is 0.896. The van der Waals surface area contributed by atoms with Crippen LogP contribution in [0.25, 0.3) is 0 Å². The predicted octanol–water partition coefficient (Wildman–Crippen LogP) is 1.82. The first kappa shape index (κ1) is 14.1. The molecular weight excluding hydrogens is 274 g/mol. The molecule has 0 amide bonds. The van der Waals surface area contributed by atoms with Crippen LogP contribution < -0.4 is 10.5 Å². The second-order valence-electron chi connectivity index (χ2n) is 4.24. The molecule has 0 unspecified atom stereocenters. The lowest BCUT2D eigenvalue weighted by molar-refractivity contribution is 0.598. The number of nitrogens with one attached hydrogen (secondary N) is 1. The van der Waals surface area contributed by atoms with Gasteiger partial charge in [-0.15, -0.1) is 0 Å². The van der Waals surface area contributed by atoms with Gasteiger partial charge < -0.3 is 5.32 Å². The number of primary sulfonamides is 1. The average molecular weight is 287 g/mol. The van der Waals surface area contributed by atoms with Crippen molar-refractivity contribution in [1.29, 1.82) is 5.26 Å². The van der Waals surface area contributed by atoms with E-state index in [2.05, 4.69) is 11.4 Å². The van der Waals surface area contributed by atoms with Gasteiger partial charge in [0, 0.05) is 12.2 Å². The lowest BCUT2D eigenvalue weighted by Crippen LogP contribution is -2.12. The van der Waals surface area contributed by atoms with Gasteiger partial charge >= 0.3 is 0 Å². The summed E-state index contributed by atoms with van der Waals surface area (Å²) >= 11 is 0. The summed E-state index contributed by atoms with van der Waals surface area (Å²) in [5.74, 6) is 0. The zero-order valence-corrected chi connectivity index (χ0v) is 11.4. The van der Waals surface area contributed by atoms with Crippen molar-refractivity contribution in [3.63, 3.8) is 0 Å². The number of benzene rings is 2. The maximum Gasteiger partial charge on any atom is 0.238 e. The van der Waals surface area contributed by atoms with Crippen molar-refractivity contribution >= 4 is 15.7 Å². The van der Waals surface area contributed by atoms with Gasteiger partial charge in [-0.3, -0.25) is 0 Å². The van der Waals surface area contributed by atoms with Crippen molar-refractivity contribution < 1.29 is 8.42 Å². The monoisotopic (exact) mass is 287 g/mol. The molecule has 2 aromatic rings. The molecule has 5 nitrogen and oxygen atoms in total. The molecule has 6 heteroatoms. The van der Waals surface area contributed by atoms with Crippen molar-refractivity contribution in [3.8, 4) is 6.07 Å². The van der Waals surface area contributed by atoms with Crippen molar-refractivity contribution in [2.45, 2.75) is 11.4 Å². The van der Waals surface area contributed by atoms with Crippen LogP contribution >= 0.6 is 0 Å². The summed E-state index contributed by atoms with van der Waals surface area (Å²) in [7, 11) is -3.69. The van der Waals surface area contributed by atoms with E-state index < -0.39 is 10.0 Å². The van der Waals surface area contributed by atoms with E-state index in [4.69, 9.17) is 10.4 Å². The summed E-state index contributed by atoms with van der Waals surface area (Å²) in [5.41, 5.74) is 2.26. The summed E-state index contributed by atoms with van der Waals surface area (Å²) < 4.78 is 22.5. The topological polar surface area (TPSA) is 96.0 Å². The van der Waals surface area contributed by atoms with Crippen LogP contribution in [0.5, 0.6) is 0 Å². The minimum atomic E-state index is -3.69. The highest BCUT2D eigenvalue weighted by atomic mass is 32.2. The Balaban J connectivity index is 2.09. The lowest BCUT2D eigenvalue weighted by Gasteiger charge is -2.08. The van der Waals surface area contributed by atoms with Crippen LogP contribution in [0.15, 0.2) is 53.4 Å². The standard InChI is InChI=1S/C14H13N3O2S/c15-9-11-4-6-12(7-5-11)10-17-13-2-1-3-14(8-13)20(16,18)19/h1-8,17H,10H2,(H2,16,18,19). The number of hydrogen-bond acceptors (Lipinski definition) is 4. The predicted molar refractivity (Wildman–Crippen MR) is 76.3 cm³/mol. The van der Waals surface area contributed by atoms with Gasteiger partial charge in [0.15, 0.2) is 0 Å². The van der Waals surface area contributed by atoms with E-state index >= 15 is 0 Å².